The van der Waals surface area contributed by atoms with E-state index in [-0.39, 0.29) is 5.91 Å². The summed E-state index contributed by atoms with van der Waals surface area (Å²) in [7, 11) is 0. The third-order valence-electron chi connectivity index (χ3n) is 2.39. The minimum atomic E-state index is -0.912. The maximum absolute atomic E-state index is 11.9. The summed E-state index contributed by atoms with van der Waals surface area (Å²) in [5, 5.41) is 10.9. The van der Waals surface area contributed by atoms with Gasteiger partial charge < -0.3 is 10.0 Å². The number of carboxylic acid groups (broad SMARTS) is 1. The third kappa shape index (κ3) is 2.38. The van der Waals surface area contributed by atoms with Gasteiger partial charge in [0.15, 0.2) is 0 Å². The van der Waals surface area contributed by atoms with Crippen LogP contribution in [0.3, 0.4) is 0 Å². The molecule has 2 rings (SSSR count). The first-order valence-electron chi connectivity index (χ1n) is 4.81. The van der Waals surface area contributed by atoms with Crippen molar-refractivity contribution in [1.82, 2.24) is 4.90 Å². The predicted molar refractivity (Wildman–Crippen MR) is 63.6 cm³/mol. The van der Waals surface area contributed by atoms with Crippen molar-refractivity contribution in [3.05, 3.63) is 22.4 Å². The van der Waals surface area contributed by atoms with Crippen molar-refractivity contribution in [3.63, 3.8) is 0 Å². The Morgan fingerprint density at radius 3 is 3.00 bits per heavy atom. The molecule has 1 aliphatic rings. The molecule has 0 unspecified atom stereocenters. The van der Waals surface area contributed by atoms with E-state index in [9.17, 15) is 9.59 Å². The summed E-state index contributed by atoms with van der Waals surface area (Å²) in [5.41, 5.74) is 0. The number of carbonyl (C=O) groups is 2. The van der Waals surface area contributed by atoms with Gasteiger partial charge in [-0.15, -0.1) is 23.1 Å². The molecule has 1 amide bonds. The fourth-order valence-corrected chi connectivity index (χ4v) is 3.42. The van der Waals surface area contributed by atoms with Gasteiger partial charge in [0.25, 0.3) is 0 Å². The molecular weight excluding hydrogens is 246 g/mol. The lowest BCUT2D eigenvalue weighted by molar-refractivity contribution is -0.147. The quantitative estimate of drug-likeness (QED) is 0.886. The second-order valence-electron chi connectivity index (χ2n) is 3.47. The number of thiophene rings is 1. The van der Waals surface area contributed by atoms with E-state index in [2.05, 4.69) is 0 Å². The van der Waals surface area contributed by atoms with Crippen molar-refractivity contribution in [2.45, 2.75) is 12.5 Å². The molecule has 2 heterocycles. The number of hydrogen-bond donors (Lipinski definition) is 1. The van der Waals surface area contributed by atoms with Gasteiger partial charge >= 0.3 is 5.97 Å². The molecule has 1 saturated heterocycles. The lowest BCUT2D eigenvalue weighted by Crippen LogP contribution is -2.42. The highest BCUT2D eigenvalue weighted by Gasteiger charge is 2.34. The zero-order valence-corrected chi connectivity index (χ0v) is 10.1. The molecule has 1 fully saturated rings. The third-order valence-corrected chi connectivity index (χ3v) is 4.28. The summed E-state index contributed by atoms with van der Waals surface area (Å²) in [5.74, 6) is -0.0310. The molecule has 86 valence electrons. The maximum Gasteiger partial charge on any atom is 0.327 e. The molecule has 6 heteroatoms. The van der Waals surface area contributed by atoms with Crippen LogP contribution in [0, 0.1) is 0 Å². The summed E-state index contributed by atoms with van der Waals surface area (Å²) in [6.45, 7) is 0. The molecule has 0 spiro atoms. The molecule has 0 bridgehead atoms. The van der Waals surface area contributed by atoms with E-state index >= 15 is 0 Å². The predicted octanol–water partition coefficient (Wildman–Crippen LogP) is 1.28. The van der Waals surface area contributed by atoms with E-state index in [0.29, 0.717) is 18.1 Å². The van der Waals surface area contributed by atoms with Gasteiger partial charge in [-0.1, -0.05) is 6.07 Å². The Hall–Kier alpha value is -1.01. The maximum atomic E-state index is 11.9. The highest BCUT2D eigenvalue weighted by molar-refractivity contribution is 7.99. The minimum Gasteiger partial charge on any atom is -0.480 e. The molecule has 0 radical (unpaired) electrons. The van der Waals surface area contributed by atoms with Gasteiger partial charge in [-0.05, 0) is 11.4 Å². The molecular formula is C10H11NO3S2. The number of rotatable bonds is 3. The van der Waals surface area contributed by atoms with Crippen molar-refractivity contribution < 1.29 is 14.7 Å². The molecule has 0 aliphatic carbocycles. The van der Waals surface area contributed by atoms with Crippen LogP contribution in [-0.2, 0) is 16.0 Å². The first-order valence-corrected chi connectivity index (χ1v) is 6.84. The standard InChI is InChI=1S/C10H11NO3S2/c12-9(4-7-2-1-3-16-7)11-6-15-5-8(11)10(13)14/h1-3,8H,4-6H2,(H,13,14)/t8-/m1/s1. The Labute approximate surface area is 101 Å². The van der Waals surface area contributed by atoms with Crippen molar-refractivity contribution in [3.8, 4) is 0 Å². The monoisotopic (exact) mass is 257 g/mol. The summed E-state index contributed by atoms with van der Waals surface area (Å²) in [6.07, 6.45) is 0.308. The van der Waals surface area contributed by atoms with E-state index in [4.69, 9.17) is 5.11 Å². The zero-order chi connectivity index (χ0) is 11.5. The van der Waals surface area contributed by atoms with Crippen LogP contribution in [0.5, 0.6) is 0 Å². The molecule has 1 N–H and O–H groups in total. The summed E-state index contributed by atoms with van der Waals surface area (Å²) < 4.78 is 0. The van der Waals surface area contributed by atoms with Gasteiger partial charge in [0.1, 0.15) is 6.04 Å². The van der Waals surface area contributed by atoms with Gasteiger partial charge in [0.2, 0.25) is 5.91 Å². The Kier molecular flexibility index (Phi) is 3.50. The van der Waals surface area contributed by atoms with Crippen LogP contribution in [-0.4, -0.2) is 39.6 Å². The van der Waals surface area contributed by atoms with Crippen LogP contribution in [0.25, 0.3) is 0 Å². The van der Waals surface area contributed by atoms with Gasteiger partial charge in [-0.3, -0.25) is 4.79 Å². The summed E-state index contributed by atoms with van der Waals surface area (Å²) >= 11 is 3.01. The Morgan fingerprint density at radius 2 is 2.38 bits per heavy atom. The number of carboxylic acids is 1. The van der Waals surface area contributed by atoms with Crippen molar-refractivity contribution in [2.24, 2.45) is 0 Å². The second-order valence-corrected chi connectivity index (χ2v) is 5.51. The second kappa shape index (κ2) is 4.88. The molecule has 1 aromatic heterocycles. The molecule has 0 saturated carbocycles. The van der Waals surface area contributed by atoms with E-state index in [1.165, 1.54) is 28.0 Å². The normalized spacial score (nSPS) is 20.0. The Balaban J connectivity index is 2.01. The largest absolute Gasteiger partial charge is 0.480 e. The first-order chi connectivity index (χ1) is 7.68. The molecule has 0 aromatic carbocycles. The number of thioether (sulfide) groups is 1. The van der Waals surface area contributed by atoms with E-state index in [0.717, 1.165) is 4.88 Å². The van der Waals surface area contributed by atoms with Crippen LogP contribution in [0.2, 0.25) is 0 Å². The number of nitrogens with zero attached hydrogens (tertiary/aromatic N) is 1. The summed E-state index contributed by atoms with van der Waals surface area (Å²) in [4.78, 5) is 25.2. The lowest BCUT2D eigenvalue weighted by Gasteiger charge is -2.19. The molecule has 1 aliphatic heterocycles. The van der Waals surface area contributed by atoms with Gasteiger partial charge in [0.05, 0.1) is 12.3 Å². The highest BCUT2D eigenvalue weighted by Crippen LogP contribution is 2.22. The van der Waals surface area contributed by atoms with Gasteiger partial charge in [-0.25, -0.2) is 4.79 Å². The molecule has 16 heavy (non-hydrogen) atoms. The molecule has 4 nitrogen and oxygen atoms in total. The number of hydrogen-bond acceptors (Lipinski definition) is 4. The number of aliphatic carboxylic acids is 1. The van der Waals surface area contributed by atoms with E-state index in [1.807, 2.05) is 17.5 Å². The van der Waals surface area contributed by atoms with Crippen molar-refractivity contribution >= 4 is 35.0 Å². The van der Waals surface area contributed by atoms with Gasteiger partial charge in [0, 0.05) is 10.6 Å². The lowest BCUT2D eigenvalue weighted by atomic mass is 10.2. The van der Waals surface area contributed by atoms with E-state index < -0.39 is 12.0 Å². The SMILES string of the molecule is O=C(O)[C@H]1CSCN1C(=O)Cc1cccs1. The van der Waals surface area contributed by atoms with Crippen LogP contribution < -0.4 is 0 Å². The number of carbonyl (C=O) groups excluding carboxylic acids is 1. The van der Waals surface area contributed by atoms with E-state index in [1.54, 1.807) is 0 Å². The zero-order valence-electron chi connectivity index (χ0n) is 8.46. The van der Waals surface area contributed by atoms with Crippen LogP contribution in [0.1, 0.15) is 4.88 Å². The molecule has 1 atom stereocenters. The highest BCUT2D eigenvalue weighted by atomic mass is 32.2. The summed E-state index contributed by atoms with van der Waals surface area (Å²) in [6, 6.07) is 3.12. The van der Waals surface area contributed by atoms with Crippen LogP contribution in [0.15, 0.2) is 17.5 Å². The topological polar surface area (TPSA) is 57.6 Å². The van der Waals surface area contributed by atoms with Crippen LogP contribution in [0.4, 0.5) is 0 Å². The van der Waals surface area contributed by atoms with Crippen molar-refractivity contribution in [2.75, 3.05) is 11.6 Å². The smallest absolute Gasteiger partial charge is 0.327 e. The average Bonchev–Trinajstić information content (AvgIpc) is 2.86. The van der Waals surface area contributed by atoms with Crippen molar-refractivity contribution in [1.29, 1.82) is 0 Å². The Morgan fingerprint density at radius 1 is 1.56 bits per heavy atom. The van der Waals surface area contributed by atoms with Crippen LogP contribution >= 0.6 is 23.1 Å². The minimum absolute atomic E-state index is 0.0974. The fourth-order valence-electron chi connectivity index (χ4n) is 1.56. The molecule has 1 aromatic rings. The van der Waals surface area contributed by atoms with Gasteiger partial charge in [-0.2, -0.15) is 0 Å². The number of amides is 1. The average molecular weight is 257 g/mol. The Bertz CT molecular complexity index is 391. The fraction of sp³-hybridized carbons (Fsp3) is 0.400. The first kappa shape index (κ1) is 11.5.